The Labute approximate surface area is 76.8 Å². The molecule has 0 nitrogen and oxygen atoms in total. The lowest BCUT2D eigenvalue weighted by molar-refractivity contribution is 0.886. The van der Waals surface area contributed by atoms with Crippen LogP contribution < -0.4 is 0 Å². The second-order valence-corrected chi connectivity index (χ2v) is 8.27. The van der Waals surface area contributed by atoms with Crippen LogP contribution >= 0.6 is 0 Å². The SMILES string of the molecule is CC#CC[Si]1(CC#CC)CCC1. The standard InChI is InChI=1S/C11H16Si/c1-3-5-8-12(9-6-4-2)10-7-11-12/h7-11H2,1-2H3. The predicted octanol–water partition coefficient (Wildman–Crippen LogP) is 2.89. The Morgan fingerprint density at radius 1 is 1.00 bits per heavy atom. The molecule has 1 aliphatic rings. The van der Waals surface area contributed by atoms with Gasteiger partial charge in [-0.3, -0.25) is 0 Å². The zero-order valence-corrected chi connectivity index (χ0v) is 9.04. The third-order valence-electron chi connectivity index (χ3n) is 2.69. The molecule has 0 aliphatic carbocycles. The summed E-state index contributed by atoms with van der Waals surface area (Å²) in [5.74, 6) is 12.5. The third kappa shape index (κ3) is 2.16. The van der Waals surface area contributed by atoms with Crippen LogP contribution in [0.2, 0.25) is 24.2 Å². The van der Waals surface area contributed by atoms with E-state index < -0.39 is 8.07 Å². The van der Waals surface area contributed by atoms with E-state index in [1.54, 1.807) is 0 Å². The van der Waals surface area contributed by atoms with Crippen molar-refractivity contribution in [3.05, 3.63) is 0 Å². The van der Waals surface area contributed by atoms with E-state index in [1.165, 1.54) is 30.6 Å². The number of rotatable bonds is 2. The van der Waals surface area contributed by atoms with Gasteiger partial charge in [-0.1, -0.05) is 18.5 Å². The minimum atomic E-state index is -0.932. The van der Waals surface area contributed by atoms with Crippen LogP contribution in [0, 0.1) is 23.7 Å². The molecule has 64 valence electrons. The third-order valence-corrected chi connectivity index (χ3v) is 7.38. The Hall–Kier alpha value is -0.663. The van der Waals surface area contributed by atoms with Gasteiger partial charge in [-0.25, -0.2) is 0 Å². The van der Waals surface area contributed by atoms with Gasteiger partial charge in [0.1, 0.15) is 0 Å². The van der Waals surface area contributed by atoms with Crippen molar-refractivity contribution in [2.75, 3.05) is 0 Å². The van der Waals surface area contributed by atoms with E-state index in [9.17, 15) is 0 Å². The van der Waals surface area contributed by atoms with Crippen LogP contribution in [0.15, 0.2) is 0 Å². The van der Waals surface area contributed by atoms with Gasteiger partial charge in [-0.15, -0.1) is 23.7 Å². The molecule has 0 saturated carbocycles. The smallest absolute Gasteiger partial charge is 0.0789 e. The Kier molecular flexibility index (Phi) is 3.44. The molecule has 0 aromatic rings. The first-order valence-electron chi connectivity index (χ1n) is 4.62. The second-order valence-electron chi connectivity index (χ2n) is 3.56. The zero-order chi connectivity index (χ0) is 8.86. The van der Waals surface area contributed by atoms with Gasteiger partial charge in [-0.2, -0.15) is 0 Å². The molecule has 0 bridgehead atoms. The van der Waals surface area contributed by atoms with Gasteiger partial charge in [0.25, 0.3) is 0 Å². The zero-order valence-electron chi connectivity index (χ0n) is 8.04. The molecule has 0 unspecified atom stereocenters. The van der Waals surface area contributed by atoms with Crippen molar-refractivity contribution in [1.82, 2.24) is 0 Å². The van der Waals surface area contributed by atoms with Gasteiger partial charge in [0.05, 0.1) is 8.07 Å². The van der Waals surface area contributed by atoms with Crippen LogP contribution in [0.5, 0.6) is 0 Å². The fourth-order valence-corrected chi connectivity index (χ4v) is 4.93. The molecule has 0 aromatic heterocycles. The average Bonchev–Trinajstić information content (AvgIpc) is 2.02. The summed E-state index contributed by atoms with van der Waals surface area (Å²) < 4.78 is 0. The topological polar surface area (TPSA) is 0 Å². The highest BCUT2D eigenvalue weighted by atomic mass is 28.3. The maximum atomic E-state index is 3.24. The van der Waals surface area contributed by atoms with E-state index in [-0.39, 0.29) is 0 Å². The minimum absolute atomic E-state index is 0.932. The fourth-order valence-electron chi connectivity index (χ4n) is 1.64. The van der Waals surface area contributed by atoms with Gasteiger partial charge in [-0.05, 0) is 13.8 Å². The summed E-state index contributed by atoms with van der Waals surface area (Å²) in [6, 6.07) is 5.32. The van der Waals surface area contributed by atoms with Crippen molar-refractivity contribution >= 4 is 8.07 Å². The molecule has 1 saturated heterocycles. The first-order valence-corrected chi connectivity index (χ1v) is 7.45. The lowest BCUT2D eigenvalue weighted by atomic mass is 10.5. The molecular weight excluding hydrogens is 160 g/mol. The van der Waals surface area contributed by atoms with Crippen molar-refractivity contribution in [3.8, 4) is 23.7 Å². The van der Waals surface area contributed by atoms with Gasteiger partial charge in [0.15, 0.2) is 0 Å². The quantitative estimate of drug-likeness (QED) is 0.448. The molecule has 12 heavy (non-hydrogen) atoms. The van der Waals surface area contributed by atoms with E-state index in [4.69, 9.17) is 0 Å². The summed E-state index contributed by atoms with van der Waals surface area (Å²) in [6.45, 7) is 3.87. The van der Waals surface area contributed by atoms with Gasteiger partial charge in [0.2, 0.25) is 0 Å². The maximum absolute atomic E-state index is 3.24. The maximum Gasteiger partial charge on any atom is 0.0789 e. The molecule has 1 heteroatoms. The normalized spacial score (nSPS) is 17.8. The van der Waals surface area contributed by atoms with Crippen molar-refractivity contribution in [1.29, 1.82) is 0 Å². The van der Waals surface area contributed by atoms with E-state index in [0.29, 0.717) is 0 Å². The summed E-state index contributed by atoms with van der Waals surface area (Å²) in [5, 5.41) is 0. The molecule has 0 N–H and O–H groups in total. The Morgan fingerprint density at radius 2 is 1.50 bits per heavy atom. The van der Waals surface area contributed by atoms with Crippen LogP contribution in [-0.4, -0.2) is 8.07 Å². The summed E-state index contributed by atoms with van der Waals surface area (Å²) in [4.78, 5) is 0. The van der Waals surface area contributed by atoms with Crippen LogP contribution in [0.1, 0.15) is 20.3 Å². The van der Waals surface area contributed by atoms with Crippen LogP contribution in [0.3, 0.4) is 0 Å². The van der Waals surface area contributed by atoms with Gasteiger partial charge < -0.3 is 0 Å². The van der Waals surface area contributed by atoms with Crippen LogP contribution in [0.4, 0.5) is 0 Å². The molecule has 0 radical (unpaired) electrons. The summed E-state index contributed by atoms with van der Waals surface area (Å²) in [7, 11) is -0.932. The van der Waals surface area contributed by atoms with Crippen molar-refractivity contribution in [2.24, 2.45) is 0 Å². The fraction of sp³-hybridized carbons (Fsp3) is 0.636. The predicted molar refractivity (Wildman–Crippen MR) is 56.5 cm³/mol. The van der Waals surface area contributed by atoms with Crippen molar-refractivity contribution < 1.29 is 0 Å². The summed E-state index contributed by atoms with van der Waals surface area (Å²) >= 11 is 0. The number of hydrogen-bond donors (Lipinski definition) is 0. The molecular formula is C11H16Si. The Balaban J connectivity index is 2.46. The molecule has 1 heterocycles. The van der Waals surface area contributed by atoms with Crippen molar-refractivity contribution in [3.63, 3.8) is 0 Å². The van der Waals surface area contributed by atoms with E-state index in [2.05, 4.69) is 23.7 Å². The van der Waals surface area contributed by atoms with Crippen LogP contribution in [-0.2, 0) is 0 Å². The highest BCUT2D eigenvalue weighted by Crippen LogP contribution is 2.38. The Morgan fingerprint density at radius 3 is 1.75 bits per heavy atom. The van der Waals surface area contributed by atoms with E-state index in [1.807, 2.05) is 13.8 Å². The molecule has 0 amide bonds. The Bertz CT molecular complexity index is 228. The molecule has 1 aliphatic heterocycles. The highest BCUT2D eigenvalue weighted by Gasteiger charge is 2.37. The van der Waals surface area contributed by atoms with Gasteiger partial charge in [0, 0.05) is 12.1 Å². The highest BCUT2D eigenvalue weighted by molar-refractivity contribution is 6.83. The molecule has 0 spiro atoms. The minimum Gasteiger partial charge on any atom is -0.107 e. The lowest BCUT2D eigenvalue weighted by Crippen LogP contribution is -2.40. The first kappa shape index (κ1) is 9.43. The lowest BCUT2D eigenvalue weighted by Gasteiger charge is -2.36. The number of hydrogen-bond acceptors (Lipinski definition) is 0. The molecule has 0 atom stereocenters. The van der Waals surface area contributed by atoms with E-state index in [0.717, 1.165) is 0 Å². The summed E-state index contributed by atoms with van der Waals surface area (Å²) in [6.07, 6.45) is 1.43. The van der Waals surface area contributed by atoms with Gasteiger partial charge >= 0.3 is 0 Å². The van der Waals surface area contributed by atoms with E-state index >= 15 is 0 Å². The molecule has 1 rings (SSSR count). The van der Waals surface area contributed by atoms with Crippen LogP contribution in [0.25, 0.3) is 0 Å². The largest absolute Gasteiger partial charge is 0.107 e. The second kappa shape index (κ2) is 4.38. The monoisotopic (exact) mass is 176 g/mol. The molecule has 0 aromatic carbocycles. The molecule has 1 fully saturated rings. The average molecular weight is 176 g/mol. The summed E-state index contributed by atoms with van der Waals surface area (Å²) in [5.41, 5.74) is 0. The first-order chi connectivity index (χ1) is 5.83. The van der Waals surface area contributed by atoms with Crippen molar-refractivity contribution in [2.45, 2.75) is 44.4 Å².